The number of para-hydroxylation sites is 1. The molecule has 1 atom stereocenters. The van der Waals surface area contributed by atoms with Crippen LogP contribution in [-0.4, -0.2) is 19.3 Å². The molecule has 21 heavy (non-hydrogen) atoms. The lowest BCUT2D eigenvalue weighted by atomic mass is 10.1. The fourth-order valence-electron chi connectivity index (χ4n) is 2.09. The fourth-order valence-corrected chi connectivity index (χ4v) is 2.09. The first-order valence-corrected chi connectivity index (χ1v) is 6.76. The molecule has 2 aromatic carbocycles. The van der Waals surface area contributed by atoms with E-state index in [2.05, 4.69) is 0 Å². The second kappa shape index (κ2) is 6.99. The number of hydrogen-bond acceptors (Lipinski definition) is 4. The number of aliphatic hydroxyl groups is 1. The van der Waals surface area contributed by atoms with Gasteiger partial charge in [0.2, 0.25) is 0 Å². The minimum absolute atomic E-state index is 0.358. The Labute approximate surface area is 124 Å². The van der Waals surface area contributed by atoms with Crippen molar-refractivity contribution in [1.82, 2.24) is 0 Å². The molecule has 0 fully saturated rings. The van der Waals surface area contributed by atoms with E-state index in [1.807, 2.05) is 24.3 Å². The van der Waals surface area contributed by atoms with Crippen LogP contribution in [0.5, 0.6) is 17.2 Å². The van der Waals surface area contributed by atoms with Crippen molar-refractivity contribution < 1.29 is 19.3 Å². The van der Waals surface area contributed by atoms with Crippen LogP contribution >= 0.6 is 0 Å². The second-order valence-corrected chi connectivity index (χ2v) is 4.68. The molecule has 112 valence electrons. The van der Waals surface area contributed by atoms with E-state index in [9.17, 15) is 5.11 Å². The Morgan fingerprint density at radius 2 is 1.76 bits per heavy atom. The van der Waals surface area contributed by atoms with Crippen LogP contribution in [0.25, 0.3) is 0 Å². The van der Waals surface area contributed by atoms with Crippen molar-refractivity contribution in [2.24, 2.45) is 0 Å². The van der Waals surface area contributed by atoms with Gasteiger partial charge in [0, 0.05) is 17.2 Å². The summed E-state index contributed by atoms with van der Waals surface area (Å²) in [6, 6.07) is 13.1. The third-order valence-corrected chi connectivity index (χ3v) is 3.25. The third-order valence-electron chi connectivity index (χ3n) is 3.25. The molecule has 2 rings (SSSR count). The summed E-state index contributed by atoms with van der Waals surface area (Å²) in [6.45, 7) is 2.06. The van der Waals surface area contributed by atoms with Gasteiger partial charge >= 0.3 is 0 Å². The van der Waals surface area contributed by atoms with Crippen molar-refractivity contribution >= 4 is 0 Å². The lowest BCUT2D eigenvalue weighted by Crippen LogP contribution is -2.03. The maximum Gasteiger partial charge on any atom is 0.129 e. The summed E-state index contributed by atoms with van der Waals surface area (Å²) in [5, 5.41) is 9.82. The zero-order valence-electron chi connectivity index (χ0n) is 12.5. The van der Waals surface area contributed by atoms with Gasteiger partial charge in [0.05, 0.1) is 20.3 Å². The summed E-state index contributed by atoms with van der Waals surface area (Å²) >= 11 is 0. The highest BCUT2D eigenvalue weighted by atomic mass is 16.5. The lowest BCUT2D eigenvalue weighted by molar-refractivity contribution is 0.189. The number of hydrogen-bond donors (Lipinski definition) is 1. The van der Waals surface area contributed by atoms with Crippen LogP contribution < -0.4 is 14.2 Å². The normalized spacial score (nSPS) is 11.8. The predicted molar refractivity (Wildman–Crippen MR) is 81.0 cm³/mol. The first-order chi connectivity index (χ1) is 10.2. The van der Waals surface area contributed by atoms with Crippen molar-refractivity contribution in [2.45, 2.75) is 19.6 Å². The number of methoxy groups -OCH3 is 2. The molecule has 0 aromatic heterocycles. The number of rotatable bonds is 6. The van der Waals surface area contributed by atoms with E-state index in [4.69, 9.17) is 14.2 Å². The molecule has 4 heteroatoms. The minimum Gasteiger partial charge on any atom is -0.497 e. The van der Waals surface area contributed by atoms with Crippen LogP contribution in [0.2, 0.25) is 0 Å². The van der Waals surface area contributed by atoms with E-state index in [0.717, 1.165) is 16.9 Å². The highest BCUT2D eigenvalue weighted by Gasteiger charge is 2.12. The molecule has 0 radical (unpaired) electrons. The van der Waals surface area contributed by atoms with Crippen LogP contribution in [0.4, 0.5) is 0 Å². The Morgan fingerprint density at radius 1 is 1.00 bits per heavy atom. The summed E-state index contributed by atoms with van der Waals surface area (Å²) in [5.74, 6) is 2.07. The van der Waals surface area contributed by atoms with E-state index in [0.29, 0.717) is 18.1 Å². The summed E-state index contributed by atoms with van der Waals surface area (Å²) in [4.78, 5) is 0. The molecule has 2 aromatic rings. The van der Waals surface area contributed by atoms with Crippen molar-refractivity contribution in [3.63, 3.8) is 0 Å². The highest BCUT2D eigenvalue weighted by Crippen LogP contribution is 2.30. The summed E-state index contributed by atoms with van der Waals surface area (Å²) in [6.07, 6.45) is -0.608. The molecule has 0 saturated carbocycles. The zero-order chi connectivity index (χ0) is 15.2. The van der Waals surface area contributed by atoms with Gasteiger partial charge < -0.3 is 19.3 Å². The number of benzene rings is 2. The largest absolute Gasteiger partial charge is 0.497 e. The van der Waals surface area contributed by atoms with Gasteiger partial charge in [-0.25, -0.2) is 0 Å². The lowest BCUT2D eigenvalue weighted by Gasteiger charge is -2.15. The Balaban J connectivity index is 2.22. The molecule has 0 bridgehead atoms. The fraction of sp³-hybridized carbons (Fsp3) is 0.294. The molecule has 0 spiro atoms. The van der Waals surface area contributed by atoms with Gasteiger partial charge in [0.15, 0.2) is 0 Å². The topological polar surface area (TPSA) is 47.9 Å². The molecule has 1 N–H and O–H groups in total. The van der Waals surface area contributed by atoms with E-state index in [1.54, 1.807) is 39.3 Å². The minimum atomic E-state index is -0.608. The molecule has 0 heterocycles. The van der Waals surface area contributed by atoms with Gasteiger partial charge in [-0.2, -0.15) is 0 Å². The van der Waals surface area contributed by atoms with Gasteiger partial charge in [-0.05, 0) is 25.1 Å². The molecule has 0 aliphatic carbocycles. The average molecular weight is 288 g/mol. The molecular formula is C17H20O4. The van der Waals surface area contributed by atoms with Crippen LogP contribution in [0.1, 0.15) is 24.2 Å². The smallest absolute Gasteiger partial charge is 0.129 e. The first kappa shape index (κ1) is 15.2. The van der Waals surface area contributed by atoms with Crippen molar-refractivity contribution in [2.75, 3.05) is 14.2 Å². The maximum absolute atomic E-state index is 9.82. The Bertz CT molecular complexity index is 593. The predicted octanol–water partition coefficient (Wildman–Crippen LogP) is 3.34. The molecule has 0 saturated heterocycles. The summed E-state index contributed by atoms with van der Waals surface area (Å²) < 4.78 is 16.4. The van der Waals surface area contributed by atoms with Crippen LogP contribution in [0, 0.1) is 0 Å². The van der Waals surface area contributed by atoms with Gasteiger partial charge in [-0.3, -0.25) is 0 Å². The van der Waals surface area contributed by atoms with Gasteiger partial charge in [0.1, 0.15) is 23.9 Å². The monoisotopic (exact) mass is 288 g/mol. The molecule has 0 aliphatic heterocycles. The Hall–Kier alpha value is -2.20. The Kier molecular flexibility index (Phi) is 5.06. The van der Waals surface area contributed by atoms with E-state index in [-0.39, 0.29) is 0 Å². The zero-order valence-corrected chi connectivity index (χ0v) is 12.5. The molecule has 4 nitrogen and oxygen atoms in total. The average Bonchev–Trinajstić information content (AvgIpc) is 2.52. The van der Waals surface area contributed by atoms with Crippen LogP contribution in [-0.2, 0) is 6.61 Å². The second-order valence-electron chi connectivity index (χ2n) is 4.68. The van der Waals surface area contributed by atoms with E-state index < -0.39 is 6.10 Å². The Morgan fingerprint density at radius 3 is 2.43 bits per heavy atom. The van der Waals surface area contributed by atoms with Crippen molar-refractivity contribution in [3.8, 4) is 17.2 Å². The van der Waals surface area contributed by atoms with Gasteiger partial charge in [-0.1, -0.05) is 18.2 Å². The molecular weight excluding hydrogens is 268 g/mol. The summed E-state index contributed by atoms with van der Waals surface area (Å²) in [7, 11) is 3.23. The number of ether oxygens (including phenoxy) is 3. The van der Waals surface area contributed by atoms with Crippen LogP contribution in [0.15, 0.2) is 42.5 Å². The molecule has 0 amide bonds. The van der Waals surface area contributed by atoms with Gasteiger partial charge in [0.25, 0.3) is 0 Å². The van der Waals surface area contributed by atoms with Crippen LogP contribution in [0.3, 0.4) is 0 Å². The third kappa shape index (κ3) is 3.67. The standard InChI is InChI=1S/C17H20O4/c1-12(18)15-9-8-14(19-2)10-17(15)21-11-13-6-4-5-7-16(13)20-3/h4-10,12,18H,11H2,1-3H3/t12-/m1/s1. The van der Waals surface area contributed by atoms with E-state index in [1.165, 1.54) is 0 Å². The molecule has 0 unspecified atom stereocenters. The maximum atomic E-state index is 9.82. The van der Waals surface area contributed by atoms with Crippen molar-refractivity contribution in [3.05, 3.63) is 53.6 Å². The van der Waals surface area contributed by atoms with Crippen molar-refractivity contribution in [1.29, 1.82) is 0 Å². The SMILES string of the molecule is COc1ccc([C@@H](C)O)c(OCc2ccccc2OC)c1. The van der Waals surface area contributed by atoms with E-state index >= 15 is 0 Å². The van der Waals surface area contributed by atoms with Gasteiger partial charge in [-0.15, -0.1) is 0 Å². The summed E-state index contributed by atoms with van der Waals surface area (Å²) in [5.41, 5.74) is 1.67. The number of aliphatic hydroxyl groups excluding tert-OH is 1. The first-order valence-electron chi connectivity index (χ1n) is 6.76. The highest BCUT2D eigenvalue weighted by molar-refractivity contribution is 5.42. The molecule has 0 aliphatic rings. The quantitative estimate of drug-likeness (QED) is 0.885.